The number of hydrogen-bond donors (Lipinski definition) is 1. The zero-order valence-electron chi connectivity index (χ0n) is 23.4. The normalized spacial score (nSPS) is 15.0. The van der Waals surface area contributed by atoms with Gasteiger partial charge in [0, 0.05) is 48.5 Å². The van der Waals surface area contributed by atoms with Gasteiger partial charge >= 0.3 is 5.69 Å². The number of unbranched alkanes of at least 4 members (excludes halogenated alkanes) is 1. The Morgan fingerprint density at radius 1 is 1.10 bits per heavy atom. The number of anilines is 1. The number of amides is 1. The number of nitrogens with one attached hydrogen (secondary N) is 1. The monoisotopic (exact) mass is 578 g/mol. The molecule has 1 atom stereocenters. The molecule has 1 aliphatic rings. The number of thioether (sulfide) groups is 1. The number of hydrogen-bond acceptors (Lipinski definition) is 6. The molecule has 0 spiro atoms. The lowest BCUT2D eigenvalue weighted by atomic mass is 10.1. The lowest BCUT2D eigenvalue weighted by Crippen LogP contribution is -2.40. The Labute approximate surface area is 241 Å². The molecule has 41 heavy (non-hydrogen) atoms. The van der Waals surface area contributed by atoms with Gasteiger partial charge in [0.05, 0.1) is 16.8 Å². The second kappa shape index (κ2) is 12.8. The van der Waals surface area contributed by atoms with Crippen LogP contribution in [0.4, 0.5) is 10.2 Å². The van der Waals surface area contributed by atoms with Crippen molar-refractivity contribution in [3.05, 3.63) is 74.8 Å². The van der Waals surface area contributed by atoms with Crippen LogP contribution in [0.15, 0.2) is 52.3 Å². The molecule has 1 unspecified atom stereocenters. The van der Waals surface area contributed by atoms with Crippen LogP contribution in [0.25, 0.3) is 22.3 Å². The van der Waals surface area contributed by atoms with Crippen molar-refractivity contribution in [3.63, 3.8) is 0 Å². The molecule has 0 aromatic carbocycles. The van der Waals surface area contributed by atoms with Gasteiger partial charge in [-0.05, 0) is 61.8 Å². The number of fused-ring (bicyclic) bond motifs is 1. The van der Waals surface area contributed by atoms with Gasteiger partial charge in [-0.3, -0.25) is 28.6 Å². The Morgan fingerprint density at radius 2 is 1.95 bits per heavy atom. The van der Waals surface area contributed by atoms with E-state index in [2.05, 4.69) is 15.0 Å². The third kappa shape index (κ3) is 6.00. The van der Waals surface area contributed by atoms with Crippen molar-refractivity contribution in [1.29, 1.82) is 0 Å². The maximum Gasteiger partial charge on any atom is 0.331 e. The first kappa shape index (κ1) is 28.8. The molecule has 1 saturated heterocycles. The molecule has 4 aromatic heterocycles. The van der Waals surface area contributed by atoms with Crippen LogP contribution in [-0.2, 0) is 19.8 Å². The summed E-state index contributed by atoms with van der Waals surface area (Å²) in [6.07, 6.45) is 7.60. The summed E-state index contributed by atoms with van der Waals surface area (Å²) in [4.78, 5) is 53.6. The Balaban J connectivity index is 1.49. The van der Waals surface area contributed by atoms with Gasteiger partial charge < -0.3 is 4.98 Å². The molecule has 0 radical (unpaired) electrons. The van der Waals surface area contributed by atoms with E-state index >= 15 is 0 Å². The number of carbonyl (C=O) groups excluding carboxylic acids is 1. The minimum Gasteiger partial charge on any atom is -0.349 e. The minimum atomic E-state index is -0.686. The molecule has 11 heteroatoms. The number of halogens is 1. The molecule has 0 aliphatic carbocycles. The molecule has 1 amide bonds. The van der Waals surface area contributed by atoms with E-state index in [0.717, 1.165) is 43.4 Å². The number of H-pyrrole nitrogens is 1. The standard InChI is InChI=1S/C30H35FN6O3S/c1-3-5-13-36-29(39)27-25(35(12-4-2)30(36)40)15-24(34-27)20-9-11-26(33-17-20)37(19-23-7-6-14-41-23)28(38)21-8-10-22(16-31)32-18-21/h8-11,15,17-18,23,34H,3-7,12-14,16,19H2,1-2H3. The highest BCUT2D eigenvalue weighted by Crippen LogP contribution is 2.30. The van der Waals surface area contributed by atoms with E-state index in [1.54, 1.807) is 27.8 Å². The Bertz CT molecular complexity index is 1620. The number of pyridine rings is 2. The molecule has 9 nitrogen and oxygen atoms in total. The fourth-order valence-electron chi connectivity index (χ4n) is 5.16. The van der Waals surface area contributed by atoms with Crippen molar-refractivity contribution < 1.29 is 9.18 Å². The predicted octanol–water partition coefficient (Wildman–Crippen LogP) is 5.17. The lowest BCUT2D eigenvalue weighted by Gasteiger charge is -2.25. The third-order valence-electron chi connectivity index (χ3n) is 7.39. The van der Waals surface area contributed by atoms with Crippen molar-refractivity contribution in [2.45, 2.75) is 71.0 Å². The number of rotatable bonds is 11. The van der Waals surface area contributed by atoms with Gasteiger partial charge in [-0.2, -0.15) is 11.8 Å². The molecule has 0 bridgehead atoms. The molecule has 1 fully saturated rings. The van der Waals surface area contributed by atoms with E-state index in [1.807, 2.05) is 37.7 Å². The maximum atomic E-state index is 13.5. The van der Waals surface area contributed by atoms with Crippen molar-refractivity contribution in [1.82, 2.24) is 24.1 Å². The van der Waals surface area contributed by atoms with Gasteiger partial charge in [0.25, 0.3) is 11.5 Å². The number of alkyl halides is 1. The van der Waals surface area contributed by atoms with Crippen LogP contribution < -0.4 is 16.1 Å². The SMILES string of the molecule is CCCCn1c(=O)c2[nH]c(-c3ccc(N(CC4CCCS4)C(=O)c4ccc(CF)nc4)nc3)cc2n(CCC)c1=O. The van der Waals surface area contributed by atoms with E-state index in [0.29, 0.717) is 53.0 Å². The van der Waals surface area contributed by atoms with Crippen LogP contribution in [0.2, 0.25) is 0 Å². The first-order chi connectivity index (χ1) is 19.9. The van der Waals surface area contributed by atoms with Crippen LogP contribution in [0, 0.1) is 0 Å². The predicted molar refractivity (Wildman–Crippen MR) is 161 cm³/mol. The van der Waals surface area contributed by atoms with Crippen LogP contribution in [0.5, 0.6) is 0 Å². The number of nitrogens with zero attached hydrogens (tertiary/aromatic N) is 5. The van der Waals surface area contributed by atoms with Crippen LogP contribution in [0.3, 0.4) is 0 Å². The number of aromatic nitrogens is 5. The number of carbonyl (C=O) groups is 1. The summed E-state index contributed by atoms with van der Waals surface area (Å²) in [6, 6.07) is 8.60. The summed E-state index contributed by atoms with van der Waals surface area (Å²) in [5.74, 6) is 1.33. The average molecular weight is 579 g/mol. The zero-order chi connectivity index (χ0) is 28.9. The molecular formula is C30H35FN6O3S. The van der Waals surface area contributed by atoms with Crippen LogP contribution in [-0.4, -0.2) is 47.5 Å². The Kier molecular flexibility index (Phi) is 9.02. The summed E-state index contributed by atoms with van der Waals surface area (Å²) in [5, 5.41) is 0.303. The van der Waals surface area contributed by atoms with Crippen LogP contribution >= 0.6 is 11.8 Å². The molecule has 1 N–H and O–H groups in total. The van der Waals surface area contributed by atoms with Gasteiger partial charge in [-0.1, -0.05) is 20.3 Å². The average Bonchev–Trinajstić information content (AvgIpc) is 3.69. The van der Waals surface area contributed by atoms with Crippen LogP contribution in [0.1, 0.15) is 62.0 Å². The highest BCUT2D eigenvalue weighted by Gasteiger charge is 2.26. The largest absolute Gasteiger partial charge is 0.349 e. The number of aromatic amines is 1. The summed E-state index contributed by atoms with van der Waals surface area (Å²) in [5.41, 5.74) is 2.42. The molecule has 216 valence electrons. The summed E-state index contributed by atoms with van der Waals surface area (Å²) in [7, 11) is 0. The highest BCUT2D eigenvalue weighted by atomic mass is 32.2. The smallest absolute Gasteiger partial charge is 0.331 e. The molecule has 5 rings (SSSR count). The quantitative estimate of drug-likeness (QED) is 0.263. The van der Waals surface area contributed by atoms with Crippen molar-refractivity contribution in [2.75, 3.05) is 17.2 Å². The van der Waals surface area contributed by atoms with Gasteiger partial charge in [-0.15, -0.1) is 0 Å². The topological polar surface area (TPSA) is 106 Å². The summed E-state index contributed by atoms with van der Waals surface area (Å²) < 4.78 is 15.9. The molecule has 0 saturated carbocycles. The van der Waals surface area contributed by atoms with Gasteiger partial charge in [0.2, 0.25) is 0 Å². The first-order valence-corrected chi connectivity index (χ1v) is 15.3. The van der Waals surface area contributed by atoms with E-state index in [1.165, 1.54) is 16.8 Å². The van der Waals surface area contributed by atoms with Crippen molar-refractivity contribution in [2.24, 2.45) is 0 Å². The second-order valence-electron chi connectivity index (χ2n) is 10.3. The van der Waals surface area contributed by atoms with Crippen molar-refractivity contribution in [3.8, 4) is 11.3 Å². The number of aryl methyl sites for hydroxylation is 1. The second-order valence-corrected chi connectivity index (χ2v) is 11.7. The summed E-state index contributed by atoms with van der Waals surface area (Å²) >= 11 is 1.85. The third-order valence-corrected chi connectivity index (χ3v) is 8.77. The van der Waals surface area contributed by atoms with E-state index in [-0.39, 0.29) is 22.9 Å². The van der Waals surface area contributed by atoms with Crippen molar-refractivity contribution >= 4 is 34.5 Å². The fraction of sp³-hybridized carbons (Fsp3) is 0.433. The maximum absolute atomic E-state index is 13.5. The highest BCUT2D eigenvalue weighted by molar-refractivity contribution is 8.00. The fourth-order valence-corrected chi connectivity index (χ4v) is 6.42. The van der Waals surface area contributed by atoms with Gasteiger partial charge in [0.1, 0.15) is 18.0 Å². The van der Waals surface area contributed by atoms with Gasteiger partial charge in [0.15, 0.2) is 0 Å². The molecular weight excluding hydrogens is 543 g/mol. The Hall–Kier alpha value is -3.73. The zero-order valence-corrected chi connectivity index (χ0v) is 24.3. The van der Waals surface area contributed by atoms with E-state index in [4.69, 9.17) is 0 Å². The van der Waals surface area contributed by atoms with E-state index < -0.39 is 6.67 Å². The lowest BCUT2D eigenvalue weighted by molar-refractivity contribution is 0.0985. The molecule has 5 heterocycles. The minimum absolute atomic E-state index is 0.238. The Morgan fingerprint density at radius 3 is 2.59 bits per heavy atom. The van der Waals surface area contributed by atoms with E-state index in [9.17, 15) is 18.8 Å². The van der Waals surface area contributed by atoms with Gasteiger partial charge in [-0.25, -0.2) is 14.2 Å². The first-order valence-electron chi connectivity index (χ1n) is 14.2. The molecule has 4 aromatic rings. The summed E-state index contributed by atoms with van der Waals surface area (Å²) in [6.45, 7) is 4.74. The molecule has 1 aliphatic heterocycles.